The minimum atomic E-state index is -1.06. The van der Waals surface area contributed by atoms with Gasteiger partial charge in [0.15, 0.2) is 0 Å². The van der Waals surface area contributed by atoms with E-state index in [1.54, 1.807) is 6.07 Å². The summed E-state index contributed by atoms with van der Waals surface area (Å²) in [5.41, 5.74) is 0.227. The fourth-order valence-corrected chi connectivity index (χ4v) is 2.57. The molecule has 0 saturated heterocycles. The number of rotatable bonds is 4. The van der Waals surface area contributed by atoms with Gasteiger partial charge in [-0.3, -0.25) is 4.79 Å². The number of nitrogens with one attached hydrogen (secondary N) is 1. The standard InChI is InChI=1S/C15H18FN3O2S/c1-15(2,3)13-18-19-14(22-13)17-12(21)8-11(20)9-5-4-6-10(16)7-9/h4-7,11,20H,8H2,1-3H3,(H,17,19,21). The average Bonchev–Trinajstić information content (AvgIpc) is 2.87. The molecule has 1 aromatic heterocycles. The Balaban J connectivity index is 1.97. The first-order valence-corrected chi connectivity index (χ1v) is 7.65. The van der Waals surface area contributed by atoms with Crippen molar-refractivity contribution in [2.75, 3.05) is 5.32 Å². The predicted octanol–water partition coefficient (Wildman–Crippen LogP) is 3.04. The first-order chi connectivity index (χ1) is 10.3. The first-order valence-electron chi connectivity index (χ1n) is 6.83. The summed E-state index contributed by atoms with van der Waals surface area (Å²) in [5.74, 6) is -0.843. The molecule has 0 radical (unpaired) electrons. The molecule has 0 spiro atoms. The van der Waals surface area contributed by atoms with E-state index in [-0.39, 0.29) is 11.8 Å². The van der Waals surface area contributed by atoms with Crippen LogP contribution in [0.1, 0.15) is 43.9 Å². The number of nitrogens with zero attached hydrogens (tertiary/aromatic N) is 2. The van der Waals surface area contributed by atoms with Gasteiger partial charge in [0, 0.05) is 5.41 Å². The van der Waals surface area contributed by atoms with E-state index in [2.05, 4.69) is 15.5 Å². The van der Waals surface area contributed by atoms with Crippen LogP contribution in [-0.2, 0) is 10.2 Å². The molecule has 0 aliphatic carbocycles. The summed E-state index contributed by atoms with van der Waals surface area (Å²) >= 11 is 1.30. The molecule has 1 heterocycles. The van der Waals surface area contributed by atoms with Gasteiger partial charge >= 0.3 is 0 Å². The van der Waals surface area contributed by atoms with E-state index >= 15 is 0 Å². The number of benzene rings is 1. The zero-order valence-corrected chi connectivity index (χ0v) is 13.4. The molecule has 7 heteroatoms. The third kappa shape index (κ3) is 4.32. The van der Waals surface area contributed by atoms with Gasteiger partial charge in [-0.15, -0.1) is 10.2 Å². The maximum atomic E-state index is 13.1. The van der Waals surface area contributed by atoms with E-state index < -0.39 is 17.8 Å². The number of hydrogen-bond acceptors (Lipinski definition) is 5. The molecule has 1 atom stereocenters. The molecular formula is C15H18FN3O2S. The largest absolute Gasteiger partial charge is 0.388 e. The van der Waals surface area contributed by atoms with Crippen LogP contribution >= 0.6 is 11.3 Å². The van der Waals surface area contributed by atoms with Crippen LogP contribution in [0, 0.1) is 5.82 Å². The summed E-state index contributed by atoms with van der Waals surface area (Å²) in [5, 5.41) is 21.7. The number of hydrogen-bond donors (Lipinski definition) is 2. The Morgan fingerprint density at radius 2 is 2.14 bits per heavy atom. The second-order valence-corrected chi connectivity index (χ2v) is 6.96. The number of halogens is 1. The zero-order valence-electron chi connectivity index (χ0n) is 12.6. The van der Waals surface area contributed by atoms with Crippen molar-refractivity contribution in [3.05, 3.63) is 40.7 Å². The summed E-state index contributed by atoms with van der Waals surface area (Å²) < 4.78 is 13.1. The number of amides is 1. The SMILES string of the molecule is CC(C)(C)c1nnc(NC(=O)CC(O)c2cccc(F)c2)s1. The third-order valence-electron chi connectivity index (χ3n) is 2.93. The molecule has 0 aliphatic rings. The van der Waals surface area contributed by atoms with Crippen molar-refractivity contribution >= 4 is 22.4 Å². The second kappa shape index (κ2) is 6.50. The fourth-order valence-electron chi connectivity index (χ4n) is 1.75. The van der Waals surface area contributed by atoms with Crippen LogP contribution < -0.4 is 5.32 Å². The molecule has 2 rings (SSSR count). The van der Waals surface area contributed by atoms with Crippen molar-refractivity contribution in [3.63, 3.8) is 0 Å². The first kappa shape index (κ1) is 16.5. The van der Waals surface area contributed by atoms with Crippen LogP contribution in [-0.4, -0.2) is 21.2 Å². The molecular weight excluding hydrogens is 305 g/mol. The van der Waals surface area contributed by atoms with E-state index in [1.807, 2.05) is 20.8 Å². The molecule has 0 fully saturated rings. The lowest BCUT2D eigenvalue weighted by Gasteiger charge is -2.12. The maximum absolute atomic E-state index is 13.1. The number of anilines is 1. The summed E-state index contributed by atoms with van der Waals surface area (Å²) in [7, 11) is 0. The second-order valence-electron chi connectivity index (χ2n) is 5.99. The summed E-state index contributed by atoms with van der Waals surface area (Å²) in [6.07, 6.45) is -1.24. The average molecular weight is 323 g/mol. The van der Waals surface area contributed by atoms with Crippen molar-refractivity contribution in [1.29, 1.82) is 0 Å². The zero-order chi connectivity index (χ0) is 16.3. The van der Waals surface area contributed by atoms with Gasteiger partial charge in [0.2, 0.25) is 11.0 Å². The van der Waals surface area contributed by atoms with E-state index in [0.717, 1.165) is 5.01 Å². The van der Waals surface area contributed by atoms with Crippen LogP contribution in [0.25, 0.3) is 0 Å². The molecule has 118 valence electrons. The van der Waals surface area contributed by atoms with Gasteiger partial charge in [-0.2, -0.15) is 0 Å². The van der Waals surface area contributed by atoms with Crippen molar-refractivity contribution in [2.45, 2.75) is 38.7 Å². The van der Waals surface area contributed by atoms with Gasteiger partial charge in [-0.1, -0.05) is 44.2 Å². The lowest BCUT2D eigenvalue weighted by Crippen LogP contribution is -2.15. The Kier molecular flexibility index (Phi) is 4.87. The van der Waals surface area contributed by atoms with Crippen LogP contribution in [0.2, 0.25) is 0 Å². The highest BCUT2D eigenvalue weighted by atomic mass is 32.1. The topological polar surface area (TPSA) is 75.1 Å². The highest BCUT2D eigenvalue weighted by Crippen LogP contribution is 2.28. The maximum Gasteiger partial charge on any atom is 0.229 e. The Morgan fingerprint density at radius 1 is 1.41 bits per heavy atom. The molecule has 0 bridgehead atoms. The number of carbonyl (C=O) groups excluding carboxylic acids is 1. The molecule has 1 amide bonds. The molecule has 1 unspecified atom stereocenters. The lowest BCUT2D eigenvalue weighted by atomic mass is 9.98. The Bertz CT molecular complexity index is 667. The van der Waals surface area contributed by atoms with E-state index in [4.69, 9.17) is 0 Å². The minimum Gasteiger partial charge on any atom is -0.388 e. The van der Waals surface area contributed by atoms with Gasteiger partial charge in [0.1, 0.15) is 10.8 Å². The van der Waals surface area contributed by atoms with Crippen LogP contribution in [0.3, 0.4) is 0 Å². The van der Waals surface area contributed by atoms with Crippen molar-refractivity contribution in [1.82, 2.24) is 10.2 Å². The monoisotopic (exact) mass is 323 g/mol. The highest BCUT2D eigenvalue weighted by molar-refractivity contribution is 7.15. The van der Waals surface area contributed by atoms with E-state index in [1.165, 1.54) is 29.5 Å². The number of aromatic nitrogens is 2. The van der Waals surface area contributed by atoms with Crippen molar-refractivity contribution < 1.29 is 14.3 Å². The van der Waals surface area contributed by atoms with Gasteiger partial charge < -0.3 is 10.4 Å². The highest BCUT2D eigenvalue weighted by Gasteiger charge is 2.21. The van der Waals surface area contributed by atoms with E-state index in [9.17, 15) is 14.3 Å². The molecule has 1 aromatic carbocycles. The third-order valence-corrected chi connectivity index (χ3v) is 4.19. The molecule has 2 aromatic rings. The van der Waals surface area contributed by atoms with Gasteiger partial charge in [0.25, 0.3) is 0 Å². The lowest BCUT2D eigenvalue weighted by molar-refractivity contribution is -0.118. The Hall–Kier alpha value is -1.86. The van der Waals surface area contributed by atoms with Crippen molar-refractivity contribution in [3.8, 4) is 0 Å². The van der Waals surface area contributed by atoms with Crippen molar-refractivity contribution in [2.24, 2.45) is 0 Å². The number of carbonyl (C=O) groups is 1. The molecule has 22 heavy (non-hydrogen) atoms. The summed E-state index contributed by atoms with van der Waals surface area (Å²) in [4.78, 5) is 11.9. The normalized spacial score (nSPS) is 13.0. The molecule has 0 aliphatic heterocycles. The minimum absolute atomic E-state index is 0.137. The van der Waals surface area contributed by atoms with Crippen LogP contribution in [0.4, 0.5) is 9.52 Å². The van der Waals surface area contributed by atoms with E-state index in [0.29, 0.717) is 10.7 Å². The number of aliphatic hydroxyl groups is 1. The molecule has 2 N–H and O–H groups in total. The summed E-state index contributed by atoms with van der Waals surface area (Å²) in [6.45, 7) is 6.02. The molecule has 0 saturated carbocycles. The predicted molar refractivity (Wildman–Crippen MR) is 83.2 cm³/mol. The van der Waals surface area contributed by atoms with Crippen LogP contribution in [0.5, 0.6) is 0 Å². The fraction of sp³-hybridized carbons (Fsp3) is 0.400. The Morgan fingerprint density at radius 3 is 2.73 bits per heavy atom. The summed E-state index contributed by atoms with van der Waals surface area (Å²) in [6, 6.07) is 5.56. The Labute approximate surface area is 132 Å². The smallest absolute Gasteiger partial charge is 0.229 e. The molecule has 5 nitrogen and oxygen atoms in total. The number of aliphatic hydroxyl groups excluding tert-OH is 1. The van der Waals surface area contributed by atoms with Gasteiger partial charge in [0.05, 0.1) is 12.5 Å². The van der Waals surface area contributed by atoms with Gasteiger partial charge in [-0.25, -0.2) is 4.39 Å². The quantitative estimate of drug-likeness (QED) is 0.907. The van der Waals surface area contributed by atoms with Gasteiger partial charge in [-0.05, 0) is 17.7 Å². The van der Waals surface area contributed by atoms with Crippen LogP contribution in [0.15, 0.2) is 24.3 Å².